The number of methoxy groups -OCH3 is 1. The first-order chi connectivity index (χ1) is 12.7. The van der Waals surface area contributed by atoms with E-state index < -0.39 is 5.60 Å². The predicted octanol–water partition coefficient (Wildman–Crippen LogP) is 4.07. The van der Waals surface area contributed by atoms with Crippen LogP contribution in [0.4, 0.5) is 10.8 Å². The molecular weight excluding hydrogens is 370 g/mol. The largest absolute Gasteiger partial charge is 0.444 e. The molecule has 0 radical (unpaired) electrons. The van der Waals surface area contributed by atoms with E-state index in [2.05, 4.69) is 9.88 Å². The molecule has 0 aliphatic carbocycles. The van der Waals surface area contributed by atoms with Gasteiger partial charge >= 0.3 is 6.09 Å². The van der Waals surface area contributed by atoms with Crippen LogP contribution in [0.2, 0.25) is 5.02 Å². The molecule has 0 bridgehead atoms. The third kappa shape index (κ3) is 4.47. The number of hydrogen-bond acceptors (Lipinski definition) is 6. The Morgan fingerprint density at radius 2 is 2.11 bits per heavy atom. The smallest absolute Gasteiger partial charge is 0.410 e. The second kappa shape index (κ2) is 7.56. The standard InChI is InChI=1S/C19H26ClN3O4/c1-12-10-22(18(24)27-19(2,3)4)6-7-23(12)17-21-15-9-14(20)8-13(11-25-5)16(15)26-17/h8-9,12H,6-7,10-11H2,1-5H3/t12-/m0/s1. The summed E-state index contributed by atoms with van der Waals surface area (Å²) < 4.78 is 16.7. The molecule has 7 nitrogen and oxygen atoms in total. The van der Waals surface area contributed by atoms with Gasteiger partial charge in [-0.1, -0.05) is 11.6 Å². The van der Waals surface area contributed by atoms with Gasteiger partial charge in [0.25, 0.3) is 6.01 Å². The van der Waals surface area contributed by atoms with Gasteiger partial charge in [0.05, 0.1) is 6.61 Å². The molecule has 0 unspecified atom stereocenters. The number of nitrogens with zero attached hydrogens (tertiary/aromatic N) is 3. The lowest BCUT2D eigenvalue weighted by atomic mass is 10.2. The fourth-order valence-corrected chi connectivity index (χ4v) is 3.41. The molecule has 2 heterocycles. The molecule has 148 valence electrons. The Balaban J connectivity index is 1.78. The van der Waals surface area contributed by atoms with Gasteiger partial charge in [-0.25, -0.2) is 4.79 Å². The summed E-state index contributed by atoms with van der Waals surface area (Å²) in [4.78, 5) is 20.7. The van der Waals surface area contributed by atoms with Crippen molar-refractivity contribution in [1.82, 2.24) is 9.88 Å². The third-order valence-corrected chi connectivity index (χ3v) is 4.56. The molecule has 0 saturated carbocycles. The highest BCUT2D eigenvalue weighted by Crippen LogP contribution is 2.30. The van der Waals surface area contributed by atoms with E-state index in [1.807, 2.05) is 33.8 Å². The molecule has 8 heteroatoms. The SMILES string of the molecule is COCc1cc(Cl)cc2nc(N3CCN(C(=O)OC(C)(C)C)C[C@@H]3C)oc12. The van der Waals surface area contributed by atoms with Crippen LogP contribution in [0.25, 0.3) is 11.1 Å². The van der Waals surface area contributed by atoms with Gasteiger partial charge in [0, 0.05) is 43.4 Å². The Labute approximate surface area is 164 Å². The molecule has 3 rings (SSSR count). The van der Waals surface area contributed by atoms with Gasteiger partial charge < -0.3 is 23.7 Å². The zero-order valence-electron chi connectivity index (χ0n) is 16.4. The molecule has 1 aromatic heterocycles. The number of carbonyl (C=O) groups is 1. The van der Waals surface area contributed by atoms with Gasteiger partial charge in [-0.15, -0.1) is 0 Å². The summed E-state index contributed by atoms with van der Waals surface area (Å²) >= 11 is 6.18. The van der Waals surface area contributed by atoms with Crippen molar-refractivity contribution in [3.8, 4) is 0 Å². The molecular formula is C19H26ClN3O4. The van der Waals surface area contributed by atoms with Crippen molar-refractivity contribution in [3.63, 3.8) is 0 Å². The Morgan fingerprint density at radius 3 is 2.74 bits per heavy atom. The molecule has 27 heavy (non-hydrogen) atoms. The first-order valence-electron chi connectivity index (χ1n) is 9.00. The van der Waals surface area contributed by atoms with E-state index in [4.69, 9.17) is 25.5 Å². The van der Waals surface area contributed by atoms with Crippen LogP contribution in [-0.2, 0) is 16.1 Å². The Morgan fingerprint density at radius 1 is 1.37 bits per heavy atom. The van der Waals surface area contributed by atoms with Gasteiger partial charge in [0.2, 0.25) is 0 Å². The van der Waals surface area contributed by atoms with Crippen LogP contribution in [-0.4, -0.2) is 54.4 Å². The second-order valence-corrected chi connectivity index (χ2v) is 8.25. The maximum Gasteiger partial charge on any atom is 0.410 e. The highest BCUT2D eigenvalue weighted by Gasteiger charge is 2.32. The number of carbonyl (C=O) groups excluding carboxylic acids is 1. The van der Waals surface area contributed by atoms with Crippen molar-refractivity contribution in [3.05, 3.63) is 22.7 Å². The summed E-state index contributed by atoms with van der Waals surface area (Å²) in [7, 11) is 1.63. The first-order valence-corrected chi connectivity index (χ1v) is 9.38. The number of oxazole rings is 1. The number of amides is 1. The molecule has 1 aliphatic heterocycles. The summed E-state index contributed by atoms with van der Waals surface area (Å²) in [6, 6.07) is 4.18. The average molecular weight is 396 g/mol. The molecule has 1 atom stereocenters. The fourth-order valence-electron chi connectivity index (χ4n) is 3.17. The van der Waals surface area contributed by atoms with E-state index in [1.54, 1.807) is 18.1 Å². The number of rotatable bonds is 3. The lowest BCUT2D eigenvalue weighted by Gasteiger charge is -2.39. The highest BCUT2D eigenvalue weighted by atomic mass is 35.5. The van der Waals surface area contributed by atoms with E-state index in [-0.39, 0.29) is 12.1 Å². The Bertz CT molecular complexity index is 830. The highest BCUT2D eigenvalue weighted by molar-refractivity contribution is 6.31. The molecule has 1 saturated heterocycles. The number of hydrogen-bond donors (Lipinski definition) is 0. The molecule has 1 fully saturated rings. The summed E-state index contributed by atoms with van der Waals surface area (Å²) in [5.41, 5.74) is 1.73. The minimum atomic E-state index is -0.505. The van der Waals surface area contributed by atoms with Crippen LogP contribution < -0.4 is 4.90 Å². The van der Waals surface area contributed by atoms with E-state index in [1.165, 1.54) is 0 Å². The van der Waals surface area contributed by atoms with E-state index in [9.17, 15) is 4.79 Å². The number of ether oxygens (including phenoxy) is 2. The normalized spacial score (nSPS) is 18.2. The van der Waals surface area contributed by atoms with Crippen LogP contribution in [0.5, 0.6) is 0 Å². The Kier molecular flexibility index (Phi) is 5.53. The molecule has 1 amide bonds. The van der Waals surface area contributed by atoms with Crippen molar-refractivity contribution in [2.45, 2.75) is 45.9 Å². The van der Waals surface area contributed by atoms with Gasteiger partial charge in [0.15, 0.2) is 5.58 Å². The lowest BCUT2D eigenvalue weighted by Crippen LogP contribution is -2.54. The first kappa shape index (κ1) is 19.8. The van der Waals surface area contributed by atoms with Gasteiger partial charge in [0.1, 0.15) is 11.1 Å². The number of aromatic nitrogens is 1. The zero-order valence-corrected chi connectivity index (χ0v) is 17.2. The van der Waals surface area contributed by atoms with E-state index >= 15 is 0 Å². The van der Waals surface area contributed by atoms with Crippen molar-refractivity contribution in [2.24, 2.45) is 0 Å². The minimum Gasteiger partial charge on any atom is -0.444 e. The van der Waals surface area contributed by atoms with Gasteiger partial charge in [-0.05, 0) is 39.8 Å². The predicted molar refractivity (Wildman–Crippen MR) is 104 cm³/mol. The van der Waals surface area contributed by atoms with Crippen LogP contribution in [0.1, 0.15) is 33.3 Å². The molecule has 2 aromatic rings. The van der Waals surface area contributed by atoms with Gasteiger partial charge in [-0.2, -0.15) is 4.98 Å². The summed E-state index contributed by atoms with van der Waals surface area (Å²) in [5, 5.41) is 0.595. The van der Waals surface area contributed by atoms with E-state index in [0.29, 0.717) is 48.4 Å². The molecule has 0 N–H and O–H groups in total. The summed E-state index contributed by atoms with van der Waals surface area (Å²) in [6.45, 7) is 9.73. The number of halogens is 1. The molecule has 1 aromatic carbocycles. The quantitative estimate of drug-likeness (QED) is 0.780. The van der Waals surface area contributed by atoms with Crippen molar-refractivity contribution in [2.75, 3.05) is 31.6 Å². The zero-order chi connectivity index (χ0) is 19.8. The summed E-state index contributed by atoms with van der Waals surface area (Å²) in [6.07, 6.45) is -0.291. The monoisotopic (exact) mass is 395 g/mol. The number of fused-ring (bicyclic) bond motifs is 1. The number of piperazine rings is 1. The second-order valence-electron chi connectivity index (χ2n) is 7.81. The van der Waals surface area contributed by atoms with Crippen LogP contribution in [0.15, 0.2) is 16.5 Å². The average Bonchev–Trinajstić information content (AvgIpc) is 2.97. The topological polar surface area (TPSA) is 68.0 Å². The fraction of sp³-hybridized carbons (Fsp3) is 0.579. The number of anilines is 1. The summed E-state index contributed by atoms with van der Waals surface area (Å²) in [5.74, 6) is 0. The maximum atomic E-state index is 12.3. The van der Waals surface area contributed by atoms with Gasteiger partial charge in [-0.3, -0.25) is 0 Å². The maximum absolute atomic E-state index is 12.3. The molecule has 0 spiro atoms. The Hall–Kier alpha value is -1.99. The van der Waals surface area contributed by atoms with Crippen LogP contribution in [0, 0.1) is 0 Å². The van der Waals surface area contributed by atoms with Crippen LogP contribution in [0.3, 0.4) is 0 Å². The van der Waals surface area contributed by atoms with Crippen LogP contribution >= 0.6 is 11.6 Å². The van der Waals surface area contributed by atoms with Crippen molar-refractivity contribution >= 4 is 34.8 Å². The minimum absolute atomic E-state index is 0.0423. The third-order valence-electron chi connectivity index (χ3n) is 4.35. The van der Waals surface area contributed by atoms with Crippen molar-refractivity contribution < 1.29 is 18.7 Å². The van der Waals surface area contributed by atoms with E-state index in [0.717, 1.165) is 5.56 Å². The number of benzene rings is 1. The lowest BCUT2D eigenvalue weighted by molar-refractivity contribution is 0.0216. The molecule has 1 aliphatic rings. The van der Waals surface area contributed by atoms with Crippen molar-refractivity contribution in [1.29, 1.82) is 0 Å².